The van der Waals surface area contributed by atoms with Crippen LogP contribution in [0, 0.1) is 20.8 Å². The molecule has 0 radical (unpaired) electrons. The number of nitrogens with two attached hydrogens (primary N) is 1. The molecular weight excluding hydrogens is 254 g/mol. The van der Waals surface area contributed by atoms with Crippen molar-refractivity contribution >= 4 is 0 Å². The predicted octanol–water partition coefficient (Wildman–Crippen LogP) is 2.36. The standard InChI is InChI=1S/C15H21N3O2/c1-9-8-17-12(11(3)15(9)19-4)7-13(18-16)14-6-5-10(2)20-14/h5-6,8,13,18H,7,16H2,1-4H3. The average Bonchev–Trinajstić information content (AvgIpc) is 2.85. The molecule has 5 heteroatoms. The van der Waals surface area contributed by atoms with Gasteiger partial charge in [0.15, 0.2) is 0 Å². The number of hydrazine groups is 1. The summed E-state index contributed by atoms with van der Waals surface area (Å²) < 4.78 is 11.1. The minimum absolute atomic E-state index is 0.109. The maximum Gasteiger partial charge on any atom is 0.128 e. The lowest BCUT2D eigenvalue weighted by Gasteiger charge is -2.16. The van der Waals surface area contributed by atoms with Gasteiger partial charge < -0.3 is 9.15 Å². The molecule has 3 N–H and O–H groups in total. The van der Waals surface area contributed by atoms with Gasteiger partial charge in [0, 0.05) is 29.4 Å². The van der Waals surface area contributed by atoms with Crippen molar-refractivity contribution in [3.63, 3.8) is 0 Å². The number of aromatic nitrogens is 1. The Hall–Kier alpha value is -1.85. The number of nitrogens with one attached hydrogen (secondary N) is 1. The predicted molar refractivity (Wildman–Crippen MR) is 77.5 cm³/mol. The third kappa shape index (κ3) is 2.84. The first kappa shape index (κ1) is 14.6. The molecular formula is C15H21N3O2. The second-order valence-corrected chi connectivity index (χ2v) is 4.92. The summed E-state index contributed by atoms with van der Waals surface area (Å²) in [6.45, 7) is 5.90. The Morgan fingerprint density at radius 2 is 2.10 bits per heavy atom. The number of nitrogens with zero attached hydrogens (tertiary/aromatic N) is 1. The van der Waals surface area contributed by atoms with Crippen molar-refractivity contribution in [1.29, 1.82) is 0 Å². The third-order valence-electron chi connectivity index (χ3n) is 3.45. The Morgan fingerprint density at radius 3 is 2.65 bits per heavy atom. The Balaban J connectivity index is 2.28. The molecule has 20 heavy (non-hydrogen) atoms. The summed E-state index contributed by atoms with van der Waals surface area (Å²) in [7, 11) is 1.67. The van der Waals surface area contributed by atoms with E-state index in [1.54, 1.807) is 7.11 Å². The van der Waals surface area contributed by atoms with Crippen molar-refractivity contribution in [3.05, 3.63) is 46.7 Å². The topological polar surface area (TPSA) is 73.3 Å². The van der Waals surface area contributed by atoms with Crippen LogP contribution in [0.5, 0.6) is 5.75 Å². The molecule has 2 heterocycles. The number of pyridine rings is 1. The van der Waals surface area contributed by atoms with Crippen molar-refractivity contribution < 1.29 is 9.15 Å². The highest BCUT2D eigenvalue weighted by Gasteiger charge is 2.18. The highest BCUT2D eigenvalue weighted by atomic mass is 16.5. The van der Waals surface area contributed by atoms with E-state index >= 15 is 0 Å². The minimum Gasteiger partial charge on any atom is -0.496 e. The molecule has 0 saturated carbocycles. The monoisotopic (exact) mass is 275 g/mol. The maximum atomic E-state index is 5.64. The van der Waals surface area contributed by atoms with Gasteiger partial charge in [0.2, 0.25) is 0 Å². The minimum atomic E-state index is -0.109. The van der Waals surface area contributed by atoms with Crippen molar-refractivity contribution in [3.8, 4) is 5.75 Å². The lowest BCUT2D eigenvalue weighted by molar-refractivity contribution is 0.394. The number of methoxy groups -OCH3 is 1. The molecule has 0 aliphatic rings. The van der Waals surface area contributed by atoms with E-state index in [1.807, 2.05) is 39.1 Å². The van der Waals surface area contributed by atoms with Crippen molar-refractivity contribution in [2.75, 3.05) is 7.11 Å². The van der Waals surface area contributed by atoms with E-state index in [4.69, 9.17) is 15.0 Å². The van der Waals surface area contributed by atoms with Crippen molar-refractivity contribution in [1.82, 2.24) is 10.4 Å². The van der Waals surface area contributed by atoms with Crippen LogP contribution in [0.1, 0.15) is 34.4 Å². The molecule has 2 aromatic heterocycles. The van der Waals surface area contributed by atoms with E-state index in [9.17, 15) is 0 Å². The van der Waals surface area contributed by atoms with Crippen LogP contribution in [0.15, 0.2) is 22.7 Å². The van der Waals surface area contributed by atoms with Crippen LogP contribution >= 0.6 is 0 Å². The summed E-state index contributed by atoms with van der Waals surface area (Å²) in [5.41, 5.74) is 5.80. The first-order valence-corrected chi connectivity index (χ1v) is 6.58. The highest BCUT2D eigenvalue weighted by molar-refractivity contribution is 5.41. The van der Waals surface area contributed by atoms with Gasteiger partial charge in [-0.05, 0) is 32.9 Å². The second-order valence-electron chi connectivity index (χ2n) is 4.92. The van der Waals surface area contributed by atoms with Gasteiger partial charge in [-0.3, -0.25) is 10.8 Å². The molecule has 1 unspecified atom stereocenters. The van der Waals surface area contributed by atoms with Crippen molar-refractivity contribution in [2.24, 2.45) is 5.84 Å². The molecule has 2 rings (SSSR count). The van der Waals surface area contributed by atoms with Crippen LogP contribution < -0.4 is 16.0 Å². The van der Waals surface area contributed by atoms with E-state index in [1.165, 1.54) is 0 Å². The van der Waals surface area contributed by atoms with Gasteiger partial charge in [-0.25, -0.2) is 5.43 Å². The third-order valence-corrected chi connectivity index (χ3v) is 3.45. The first-order valence-electron chi connectivity index (χ1n) is 6.58. The summed E-state index contributed by atoms with van der Waals surface area (Å²) >= 11 is 0. The Morgan fingerprint density at radius 1 is 1.35 bits per heavy atom. The zero-order chi connectivity index (χ0) is 14.7. The maximum absolute atomic E-state index is 5.64. The van der Waals surface area contributed by atoms with Gasteiger partial charge >= 0.3 is 0 Å². The number of aryl methyl sites for hydroxylation is 2. The lowest BCUT2D eigenvalue weighted by Crippen LogP contribution is -2.29. The molecule has 0 bridgehead atoms. The largest absolute Gasteiger partial charge is 0.496 e. The fourth-order valence-electron chi connectivity index (χ4n) is 2.35. The van der Waals surface area contributed by atoms with Gasteiger partial charge in [0.1, 0.15) is 17.3 Å². The smallest absolute Gasteiger partial charge is 0.128 e. The summed E-state index contributed by atoms with van der Waals surface area (Å²) in [5, 5.41) is 0. The molecule has 1 atom stereocenters. The molecule has 5 nitrogen and oxygen atoms in total. The Kier molecular flexibility index (Phi) is 4.42. The zero-order valence-electron chi connectivity index (χ0n) is 12.4. The number of hydrogen-bond acceptors (Lipinski definition) is 5. The average molecular weight is 275 g/mol. The fourth-order valence-corrected chi connectivity index (χ4v) is 2.35. The van der Waals surface area contributed by atoms with Crippen LogP contribution in [0.4, 0.5) is 0 Å². The summed E-state index contributed by atoms with van der Waals surface area (Å²) in [4.78, 5) is 4.49. The molecule has 0 aromatic carbocycles. The fraction of sp³-hybridized carbons (Fsp3) is 0.400. The van der Waals surface area contributed by atoms with Crippen LogP contribution in [0.2, 0.25) is 0 Å². The van der Waals surface area contributed by atoms with Crippen molar-refractivity contribution in [2.45, 2.75) is 33.2 Å². The number of furan rings is 1. The molecule has 0 saturated heterocycles. The lowest BCUT2D eigenvalue weighted by atomic mass is 10.0. The molecule has 0 fully saturated rings. The van der Waals surface area contributed by atoms with Crippen LogP contribution in [0.25, 0.3) is 0 Å². The van der Waals surface area contributed by atoms with Gasteiger partial charge in [0.05, 0.1) is 13.2 Å². The highest BCUT2D eigenvalue weighted by Crippen LogP contribution is 2.27. The Bertz CT molecular complexity index is 593. The molecule has 108 valence electrons. The van der Waals surface area contributed by atoms with Gasteiger partial charge in [-0.15, -0.1) is 0 Å². The normalized spacial score (nSPS) is 12.4. The summed E-state index contributed by atoms with van der Waals surface area (Å²) in [6.07, 6.45) is 2.47. The van der Waals surface area contributed by atoms with E-state index in [-0.39, 0.29) is 6.04 Å². The second kappa shape index (κ2) is 6.07. The molecule has 0 aliphatic heterocycles. The summed E-state index contributed by atoms with van der Waals surface area (Å²) in [6, 6.07) is 3.75. The molecule has 0 spiro atoms. The van der Waals surface area contributed by atoms with E-state index in [2.05, 4.69) is 10.4 Å². The van der Waals surface area contributed by atoms with Gasteiger partial charge in [-0.2, -0.15) is 0 Å². The van der Waals surface area contributed by atoms with Gasteiger partial charge in [-0.1, -0.05) is 0 Å². The first-order chi connectivity index (χ1) is 9.56. The zero-order valence-corrected chi connectivity index (χ0v) is 12.4. The molecule has 0 amide bonds. The van der Waals surface area contributed by atoms with E-state index < -0.39 is 0 Å². The molecule has 2 aromatic rings. The van der Waals surface area contributed by atoms with Crippen LogP contribution in [-0.2, 0) is 6.42 Å². The Labute approximate surface area is 119 Å². The SMILES string of the molecule is COc1c(C)cnc(CC(NN)c2ccc(C)o2)c1C. The number of hydrogen-bond donors (Lipinski definition) is 2. The van der Waals surface area contributed by atoms with Gasteiger partial charge in [0.25, 0.3) is 0 Å². The molecule has 0 aliphatic carbocycles. The number of ether oxygens (including phenoxy) is 1. The van der Waals surface area contributed by atoms with E-state index in [0.717, 1.165) is 34.1 Å². The van der Waals surface area contributed by atoms with E-state index in [0.29, 0.717) is 6.42 Å². The van der Waals surface area contributed by atoms with Crippen LogP contribution in [0.3, 0.4) is 0 Å². The van der Waals surface area contributed by atoms with Crippen LogP contribution in [-0.4, -0.2) is 12.1 Å². The number of rotatable bonds is 5. The summed E-state index contributed by atoms with van der Waals surface area (Å²) in [5.74, 6) is 8.20. The quantitative estimate of drug-likeness (QED) is 0.647.